The molecule has 1 aliphatic rings. The Kier molecular flexibility index (Phi) is 5.37. The number of nitrogens with one attached hydrogen (secondary N) is 1. The second-order valence-electron chi connectivity index (χ2n) is 5.57. The van der Waals surface area contributed by atoms with E-state index in [2.05, 4.69) is 21.2 Å². The summed E-state index contributed by atoms with van der Waals surface area (Å²) < 4.78 is 13.9. The largest absolute Gasteiger partial charge is 0.396 e. The van der Waals surface area contributed by atoms with Crippen molar-refractivity contribution in [3.05, 3.63) is 34.1 Å². The molecule has 19 heavy (non-hydrogen) atoms. The summed E-state index contributed by atoms with van der Waals surface area (Å²) in [4.78, 5) is 0. The van der Waals surface area contributed by atoms with E-state index in [1.807, 2.05) is 6.07 Å². The van der Waals surface area contributed by atoms with E-state index in [1.54, 1.807) is 12.1 Å². The van der Waals surface area contributed by atoms with Crippen molar-refractivity contribution in [1.82, 2.24) is 5.32 Å². The molecule has 0 saturated heterocycles. The van der Waals surface area contributed by atoms with E-state index in [-0.39, 0.29) is 17.8 Å². The van der Waals surface area contributed by atoms with Gasteiger partial charge in [-0.2, -0.15) is 0 Å². The maximum atomic E-state index is 13.4. The van der Waals surface area contributed by atoms with Gasteiger partial charge in [0.1, 0.15) is 5.82 Å². The molecule has 4 heteroatoms. The fraction of sp³-hybridized carbons (Fsp3) is 0.600. The number of hydrogen-bond acceptors (Lipinski definition) is 2. The molecular formula is C15H21BrFNO. The highest BCUT2D eigenvalue weighted by Gasteiger charge is 2.30. The van der Waals surface area contributed by atoms with Crippen molar-refractivity contribution < 1.29 is 9.50 Å². The van der Waals surface area contributed by atoms with Crippen LogP contribution in [0.4, 0.5) is 4.39 Å². The van der Waals surface area contributed by atoms with Crippen LogP contribution in [-0.4, -0.2) is 18.3 Å². The number of benzene rings is 1. The highest BCUT2D eigenvalue weighted by molar-refractivity contribution is 9.10. The molecule has 0 radical (unpaired) electrons. The molecule has 0 bridgehead atoms. The van der Waals surface area contributed by atoms with Gasteiger partial charge in [0, 0.05) is 25.1 Å². The summed E-state index contributed by atoms with van der Waals surface area (Å²) in [7, 11) is 0. The fourth-order valence-corrected chi connectivity index (χ4v) is 3.06. The number of aliphatic hydroxyl groups is 1. The smallest absolute Gasteiger partial charge is 0.137 e. The predicted octanol–water partition coefficient (Wildman–Crippen LogP) is 3.62. The zero-order valence-electron chi connectivity index (χ0n) is 11.1. The summed E-state index contributed by atoms with van der Waals surface area (Å²) in [5.74, 6) is -0.228. The first kappa shape index (κ1) is 14.9. The van der Waals surface area contributed by atoms with Crippen LogP contribution >= 0.6 is 15.9 Å². The lowest BCUT2D eigenvalue weighted by Gasteiger charge is -2.35. The summed E-state index contributed by atoms with van der Waals surface area (Å²) in [6.07, 6.45) is 5.86. The van der Waals surface area contributed by atoms with Crippen molar-refractivity contribution in [2.75, 3.05) is 13.2 Å². The third-order valence-corrected chi connectivity index (χ3v) is 4.71. The van der Waals surface area contributed by atoms with Crippen LogP contribution in [0, 0.1) is 11.2 Å². The zero-order chi connectivity index (χ0) is 13.7. The van der Waals surface area contributed by atoms with Gasteiger partial charge in [-0.15, -0.1) is 0 Å². The van der Waals surface area contributed by atoms with Crippen LogP contribution in [0.25, 0.3) is 0 Å². The first-order chi connectivity index (χ1) is 9.15. The SMILES string of the molecule is OCC1(CNCc2ccc(Br)c(F)c2)CCCCC1. The molecule has 0 spiro atoms. The molecule has 0 aromatic heterocycles. The minimum atomic E-state index is -0.228. The number of halogens is 2. The van der Waals surface area contributed by atoms with Crippen LogP contribution in [0.1, 0.15) is 37.7 Å². The van der Waals surface area contributed by atoms with Gasteiger partial charge in [-0.3, -0.25) is 0 Å². The molecular weight excluding hydrogens is 309 g/mol. The Balaban J connectivity index is 1.86. The minimum Gasteiger partial charge on any atom is -0.396 e. The van der Waals surface area contributed by atoms with Crippen LogP contribution in [0.3, 0.4) is 0 Å². The van der Waals surface area contributed by atoms with Gasteiger partial charge in [0.2, 0.25) is 0 Å². The fourth-order valence-electron chi connectivity index (χ4n) is 2.81. The van der Waals surface area contributed by atoms with Gasteiger partial charge in [0.05, 0.1) is 4.47 Å². The van der Waals surface area contributed by atoms with Crippen LogP contribution < -0.4 is 5.32 Å². The van der Waals surface area contributed by atoms with E-state index in [0.717, 1.165) is 24.9 Å². The summed E-state index contributed by atoms with van der Waals surface area (Å²) in [5, 5.41) is 13.0. The van der Waals surface area contributed by atoms with Crippen LogP contribution in [-0.2, 0) is 6.54 Å². The number of rotatable bonds is 5. The van der Waals surface area contributed by atoms with Gasteiger partial charge in [0.15, 0.2) is 0 Å². The van der Waals surface area contributed by atoms with Crippen LogP contribution in [0.15, 0.2) is 22.7 Å². The van der Waals surface area contributed by atoms with Gasteiger partial charge in [-0.05, 0) is 46.5 Å². The Morgan fingerprint density at radius 2 is 2.00 bits per heavy atom. The van der Waals surface area contributed by atoms with E-state index in [0.29, 0.717) is 11.0 Å². The maximum absolute atomic E-state index is 13.4. The Bertz CT molecular complexity index is 419. The predicted molar refractivity (Wildman–Crippen MR) is 78.4 cm³/mol. The lowest BCUT2D eigenvalue weighted by Crippen LogP contribution is -2.38. The summed E-state index contributed by atoms with van der Waals surface area (Å²) >= 11 is 3.15. The van der Waals surface area contributed by atoms with E-state index >= 15 is 0 Å². The van der Waals surface area contributed by atoms with Gasteiger partial charge < -0.3 is 10.4 Å². The Morgan fingerprint density at radius 3 is 2.63 bits per heavy atom. The number of hydrogen-bond donors (Lipinski definition) is 2. The summed E-state index contributed by atoms with van der Waals surface area (Å²) in [6, 6.07) is 5.19. The van der Waals surface area contributed by atoms with Gasteiger partial charge in [0.25, 0.3) is 0 Å². The normalized spacial score (nSPS) is 18.5. The van der Waals surface area contributed by atoms with E-state index in [9.17, 15) is 9.50 Å². The number of aliphatic hydroxyl groups excluding tert-OH is 1. The molecule has 106 valence electrons. The van der Waals surface area contributed by atoms with Gasteiger partial charge in [-0.25, -0.2) is 4.39 Å². The molecule has 1 aromatic rings. The molecule has 2 nitrogen and oxygen atoms in total. The summed E-state index contributed by atoms with van der Waals surface area (Å²) in [6.45, 7) is 1.70. The monoisotopic (exact) mass is 329 g/mol. The highest BCUT2D eigenvalue weighted by atomic mass is 79.9. The van der Waals surface area contributed by atoms with Gasteiger partial charge in [-0.1, -0.05) is 25.3 Å². The lowest BCUT2D eigenvalue weighted by molar-refractivity contribution is 0.0810. The molecule has 0 heterocycles. The topological polar surface area (TPSA) is 32.3 Å². The van der Waals surface area contributed by atoms with Crippen molar-refractivity contribution in [2.24, 2.45) is 5.41 Å². The Hall–Kier alpha value is -0.450. The van der Waals surface area contributed by atoms with E-state index in [1.165, 1.54) is 19.3 Å². The molecule has 1 fully saturated rings. The van der Waals surface area contributed by atoms with Crippen molar-refractivity contribution in [3.63, 3.8) is 0 Å². The molecule has 2 N–H and O–H groups in total. The summed E-state index contributed by atoms with van der Waals surface area (Å²) in [5.41, 5.74) is 0.969. The van der Waals surface area contributed by atoms with Crippen LogP contribution in [0.2, 0.25) is 0 Å². The molecule has 1 aromatic carbocycles. The van der Waals surface area contributed by atoms with E-state index < -0.39 is 0 Å². The molecule has 0 atom stereocenters. The second kappa shape index (κ2) is 6.82. The first-order valence-electron chi connectivity index (χ1n) is 6.91. The average Bonchev–Trinajstić information content (AvgIpc) is 2.44. The lowest BCUT2D eigenvalue weighted by atomic mass is 9.74. The van der Waals surface area contributed by atoms with Gasteiger partial charge >= 0.3 is 0 Å². The molecule has 0 aliphatic heterocycles. The molecule has 0 unspecified atom stereocenters. The average molecular weight is 330 g/mol. The molecule has 0 amide bonds. The van der Waals surface area contributed by atoms with Crippen molar-refractivity contribution in [2.45, 2.75) is 38.6 Å². The molecule has 2 rings (SSSR count). The van der Waals surface area contributed by atoms with Crippen molar-refractivity contribution in [3.8, 4) is 0 Å². The molecule has 1 saturated carbocycles. The molecule has 1 aliphatic carbocycles. The highest BCUT2D eigenvalue weighted by Crippen LogP contribution is 2.35. The first-order valence-corrected chi connectivity index (χ1v) is 7.70. The standard InChI is InChI=1S/C15H21BrFNO/c16-13-5-4-12(8-14(13)17)9-18-10-15(11-19)6-2-1-3-7-15/h4-5,8,18-19H,1-3,6-7,9-11H2. The maximum Gasteiger partial charge on any atom is 0.137 e. The Morgan fingerprint density at radius 1 is 1.26 bits per heavy atom. The minimum absolute atomic E-state index is 0.0339. The quantitative estimate of drug-likeness (QED) is 0.864. The van der Waals surface area contributed by atoms with Crippen LogP contribution in [0.5, 0.6) is 0 Å². The third-order valence-electron chi connectivity index (χ3n) is 4.06. The second-order valence-corrected chi connectivity index (χ2v) is 6.43. The third kappa shape index (κ3) is 4.01. The zero-order valence-corrected chi connectivity index (χ0v) is 12.7. The van der Waals surface area contributed by atoms with E-state index in [4.69, 9.17) is 0 Å². The van der Waals surface area contributed by atoms with Crippen molar-refractivity contribution >= 4 is 15.9 Å². The van der Waals surface area contributed by atoms with Crippen molar-refractivity contribution in [1.29, 1.82) is 0 Å². The Labute approximate surface area is 122 Å².